The van der Waals surface area contributed by atoms with Crippen LogP contribution in [-0.4, -0.2) is 54.1 Å². The second-order valence-electron chi connectivity index (χ2n) is 11.2. The number of hydrogen-bond donors (Lipinski definition) is 1. The number of rotatable bonds is 9. The Kier molecular flexibility index (Phi) is 9.06. The molecule has 0 spiro atoms. The summed E-state index contributed by atoms with van der Waals surface area (Å²) in [6.45, 7) is 3.83. The van der Waals surface area contributed by atoms with Gasteiger partial charge < -0.3 is 19.6 Å². The van der Waals surface area contributed by atoms with Gasteiger partial charge in [-0.15, -0.1) is 0 Å². The Morgan fingerprint density at radius 3 is 2.38 bits per heavy atom. The minimum atomic E-state index is -0.765. The molecule has 3 aromatic carbocycles. The highest BCUT2D eigenvalue weighted by Crippen LogP contribution is 2.42. The van der Waals surface area contributed by atoms with Gasteiger partial charge in [-0.3, -0.25) is 4.79 Å². The molecule has 1 amide bonds. The number of hydrogen-bond acceptors (Lipinski definition) is 4. The van der Waals surface area contributed by atoms with E-state index in [1.807, 2.05) is 77.7 Å². The van der Waals surface area contributed by atoms with E-state index in [1.165, 1.54) is 0 Å². The molecule has 1 atom stereocenters. The van der Waals surface area contributed by atoms with Crippen LogP contribution in [0.15, 0.2) is 72.8 Å². The van der Waals surface area contributed by atoms with Gasteiger partial charge >= 0.3 is 0 Å². The van der Waals surface area contributed by atoms with Crippen LogP contribution in [0.2, 0.25) is 10.0 Å². The van der Waals surface area contributed by atoms with Gasteiger partial charge in [-0.1, -0.05) is 71.7 Å². The SMILES string of the molecule is COc1cccc(CN2CCCC(CCCN3CCC(O)(c4ccccc4)CC3)(c3ccc(Cl)c(Cl)c3)C2=O)c1. The fraction of sp³-hybridized carbons (Fsp3) is 0.424. The van der Waals surface area contributed by atoms with Gasteiger partial charge in [0.25, 0.3) is 0 Å². The van der Waals surface area contributed by atoms with Gasteiger partial charge in [0.2, 0.25) is 5.91 Å². The molecular weight excluding hydrogens is 543 g/mol. The molecule has 2 aliphatic rings. The Hall–Kier alpha value is -2.57. The van der Waals surface area contributed by atoms with E-state index in [2.05, 4.69) is 4.90 Å². The summed E-state index contributed by atoms with van der Waals surface area (Å²) in [5.41, 5.74) is 1.58. The summed E-state index contributed by atoms with van der Waals surface area (Å²) in [6.07, 6.45) is 4.74. The number of nitrogens with zero attached hydrogens (tertiary/aromatic N) is 2. The molecule has 3 aromatic rings. The summed E-state index contributed by atoms with van der Waals surface area (Å²) in [6, 6.07) is 23.6. The summed E-state index contributed by atoms with van der Waals surface area (Å²) in [7, 11) is 1.66. The van der Waals surface area contributed by atoms with E-state index in [1.54, 1.807) is 7.11 Å². The smallest absolute Gasteiger partial charge is 0.233 e. The van der Waals surface area contributed by atoms with E-state index in [-0.39, 0.29) is 5.91 Å². The monoisotopic (exact) mass is 580 g/mol. The van der Waals surface area contributed by atoms with Gasteiger partial charge in [0, 0.05) is 26.2 Å². The number of carbonyl (C=O) groups is 1. The van der Waals surface area contributed by atoms with E-state index in [4.69, 9.17) is 27.9 Å². The third-order valence-corrected chi connectivity index (χ3v) is 9.52. The maximum absolute atomic E-state index is 14.3. The Balaban J connectivity index is 1.30. The number of carbonyl (C=O) groups excluding carboxylic acids is 1. The first kappa shape index (κ1) is 28.9. The average molecular weight is 582 g/mol. The molecule has 40 heavy (non-hydrogen) atoms. The Morgan fingerprint density at radius 1 is 0.875 bits per heavy atom. The van der Waals surface area contributed by atoms with Crippen LogP contribution in [0.3, 0.4) is 0 Å². The molecule has 212 valence electrons. The van der Waals surface area contributed by atoms with E-state index < -0.39 is 11.0 Å². The first-order chi connectivity index (χ1) is 19.3. The molecule has 1 N–H and O–H groups in total. The second kappa shape index (κ2) is 12.5. The zero-order valence-electron chi connectivity index (χ0n) is 23.1. The lowest BCUT2D eigenvalue weighted by Gasteiger charge is -2.43. The van der Waals surface area contributed by atoms with Gasteiger partial charge in [-0.2, -0.15) is 0 Å². The minimum absolute atomic E-state index is 0.150. The first-order valence-corrected chi connectivity index (χ1v) is 15.0. The highest BCUT2D eigenvalue weighted by Gasteiger charge is 2.45. The van der Waals surface area contributed by atoms with Gasteiger partial charge in [-0.05, 0) is 86.0 Å². The molecule has 1 unspecified atom stereocenters. The number of likely N-dealkylation sites (tertiary alicyclic amines) is 2. The van der Waals surface area contributed by atoms with E-state index in [0.717, 1.165) is 74.3 Å². The summed E-state index contributed by atoms with van der Waals surface area (Å²) < 4.78 is 5.40. The van der Waals surface area contributed by atoms with Crippen molar-refractivity contribution >= 4 is 29.1 Å². The first-order valence-electron chi connectivity index (χ1n) is 14.2. The van der Waals surface area contributed by atoms with Crippen molar-refractivity contribution in [3.63, 3.8) is 0 Å². The number of halogens is 2. The van der Waals surface area contributed by atoms with Crippen molar-refractivity contribution in [2.75, 3.05) is 33.3 Å². The predicted molar refractivity (Wildman–Crippen MR) is 161 cm³/mol. The van der Waals surface area contributed by atoms with Gasteiger partial charge in [-0.25, -0.2) is 0 Å². The van der Waals surface area contributed by atoms with Crippen LogP contribution in [-0.2, 0) is 22.4 Å². The standard InChI is InChI=1S/C33H38Cl2N2O3/c1-40-28-11-5-8-25(22-28)24-37-19-7-15-32(31(37)38,27-12-13-29(34)30(35)23-27)14-6-18-36-20-16-33(39,17-21-36)26-9-3-2-4-10-26/h2-5,8-13,22-23,39H,6-7,14-21,24H2,1H3. The van der Waals surface area contributed by atoms with E-state index >= 15 is 0 Å². The summed E-state index contributed by atoms with van der Waals surface area (Å²) in [5, 5.41) is 12.2. The zero-order valence-corrected chi connectivity index (χ0v) is 24.6. The number of ether oxygens (including phenoxy) is 1. The molecule has 5 nitrogen and oxygen atoms in total. The lowest BCUT2D eigenvalue weighted by Crippen LogP contribution is -2.51. The molecule has 0 radical (unpaired) electrons. The quantitative estimate of drug-likeness (QED) is 0.301. The Bertz CT molecular complexity index is 1310. The van der Waals surface area contributed by atoms with Gasteiger partial charge in [0.1, 0.15) is 5.75 Å². The van der Waals surface area contributed by atoms with Crippen molar-refractivity contribution in [2.45, 2.75) is 56.1 Å². The van der Waals surface area contributed by atoms with Crippen LogP contribution in [0.5, 0.6) is 5.75 Å². The number of amides is 1. The summed E-state index contributed by atoms with van der Waals surface area (Å²) in [4.78, 5) is 18.7. The third kappa shape index (κ3) is 6.18. The lowest BCUT2D eigenvalue weighted by molar-refractivity contribution is -0.142. The highest BCUT2D eigenvalue weighted by molar-refractivity contribution is 6.42. The molecule has 2 fully saturated rings. The van der Waals surface area contributed by atoms with Crippen molar-refractivity contribution in [1.29, 1.82) is 0 Å². The molecule has 2 heterocycles. The number of methoxy groups -OCH3 is 1. The van der Waals surface area contributed by atoms with Crippen LogP contribution in [0.1, 0.15) is 55.2 Å². The molecule has 7 heteroatoms. The van der Waals surface area contributed by atoms with E-state index in [0.29, 0.717) is 29.4 Å². The number of piperidine rings is 2. The van der Waals surface area contributed by atoms with Crippen molar-refractivity contribution in [2.24, 2.45) is 0 Å². The maximum Gasteiger partial charge on any atom is 0.233 e. The van der Waals surface area contributed by atoms with Crippen molar-refractivity contribution in [1.82, 2.24) is 9.80 Å². The molecule has 0 aliphatic carbocycles. The third-order valence-electron chi connectivity index (χ3n) is 8.78. The van der Waals surface area contributed by atoms with Gasteiger partial charge in [0.15, 0.2) is 0 Å². The number of benzene rings is 3. The summed E-state index contributed by atoms with van der Waals surface area (Å²) >= 11 is 12.7. The van der Waals surface area contributed by atoms with Crippen LogP contribution < -0.4 is 4.74 Å². The largest absolute Gasteiger partial charge is 0.497 e. The van der Waals surface area contributed by atoms with Crippen molar-refractivity contribution in [3.8, 4) is 5.75 Å². The second-order valence-corrected chi connectivity index (χ2v) is 12.0. The molecule has 2 aliphatic heterocycles. The molecule has 2 saturated heterocycles. The fourth-order valence-electron chi connectivity index (χ4n) is 6.45. The van der Waals surface area contributed by atoms with Crippen LogP contribution in [0, 0.1) is 0 Å². The van der Waals surface area contributed by atoms with Gasteiger partial charge in [0.05, 0.1) is 28.2 Å². The molecule has 0 saturated carbocycles. The van der Waals surface area contributed by atoms with E-state index in [9.17, 15) is 9.90 Å². The predicted octanol–water partition coefficient (Wildman–Crippen LogP) is 6.83. The number of aliphatic hydroxyl groups is 1. The molecular formula is C33H38Cl2N2O3. The lowest BCUT2D eigenvalue weighted by atomic mass is 9.70. The molecule has 5 rings (SSSR count). The molecule has 0 aromatic heterocycles. The zero-order chi connectivity index (χ0) is 28.2. The fourth-order valence-corrected chi connectivity index (χ4v) is 6.75. The highest BCUT2D eigenvalue weighted by atomic mass is 35.5. The Morgan fingerprint density at radius 2 is 1.65 bits per heavy atom. The summed E-state index contributed by atoms with van der Waals surface area (Å²) in [5.74, 6) is 0.940. The van der Waals surface area contributed by atoms with Crippen LogP contribution >= 0.6 is 23.2 Å². The van der Waals surface area contributed by atoms with Crippen LogP contribution in [0.25, 0.3) is 0 Å². The average Bonchev–Trinajstić information content (AvgIpc) is 2.98. The molecule has 0 bridgehead atoms. The Labute approximate surface area is 247 Å². The minimum Gasteiger partial charge on any atom is -0.497 e. The topological polar surface area (TPSA) is 53.0 Å². The van der Waals surface area contributed by atoms with Crippen molar-refractivity contribution < 1.29 is 14.6 Å². The maximum atomic E-state index is 14.3. The van der Waals surface area contributed by atoms with Crippen molar-refractivity contribution in [3.05, 3.63) is 99.5 Å². The van der Waals surface area contributed by atoms with Crippen LogP contribution in [0.4, 0.5) is 0 Å². The normalized spacial score (nSPS) is 21.4.